The second-order valence-electron chi connectivity index (χ2n) is 5.26. The largest absolute Gasteiger partial charge is 1.00 e. The molecular formula is C12H20ClNO2S. The first kappa shape index (κ1) is 14.8. The predicted octanol–water partition coefficient (Wildman–Crippen LogP) is -2.33. The van der Waals surface area contributed by atoms with Crippen molar-refractivity contribution < 1.29 is 25.3 Å². The van der Waals surface area contributed by atoms with Crippen LogP contribution in [-0.2, 0) is 9.84 Å². The summed E-state index contributed by atoms with van der Waals surface area (Å²) in [6, 6.07) is 0. The Bertz CT molecular complexity index is 385. The lowest BCUT2D eigenvalue weighted by Crippen LogP contribution is -3.00. The molecule has 2 fully saturated rings. The van der Waals surface area contributed by atoms with Crippen molar-refractivity contribution in [2.75, 3.05) is 37.7 Å². The van der Waals surface area contributed by atoms with Crippen molar-refractivity contribution in [2.24, 2.45) is 5.92 Å². The van der Waals surface area contributed by atoms with Gasteiger partial charge in [0.2, 0.25) is 0 Å². The first-order valence-corrected chi connectivity index (χ1v) is 7.86. The van der Waals surface area contributed by atoms with Crippen molar-refractivity contribution >= 4 is 9.84 Å². The number of piperidine rings is 1. The molecule has 0 saturated carbocycles. The molecule has 2 aliphatic rings. The average molecular weight is 278 g/mol. The van der Waals surface area contributed by atoms with Crippen LogP contribution in [0.4, 0.5) is 0 Å². The zero-order chi connectivity index (χ0) is 11.6. The van der Waals surface area contributed by atoms with Gasteiger partial charge in [-0.2, -0.15) is 0 Å². The Kier molecular flexibility index (Phi) is 4.88. The highest BCUT2D eigenvalue weighted by Crippen LogP contribution is 2.27. The van der Waals surface area contributed by atoms with E-state index in [0.717, 1.165) is 37.1 Å². The minimum Gasteiger partial charge on any atom is -1.00 e. The number of hydrogen-bond acceptors (Lipinski definition) is 2. The van der Waals surface area contributed by atoms with Crippen molar-refractivity contribution in [3.05, 3.63) is 0 Å². The summed E-state index contributed by atoms with van der Waals surface area (Å²) in [6.07, 6.45) is 8.64. The van der Waals surface area contributed by atoms with E-state index >= 15 is 0 Å². The van der Waals surface area contributed by atoms with Crippen LogP contribution in [0.2, 0.25) is 0 Å². The van der Waals surface area contributed by atoms with Crippen molar-refractivity contribution in [2.45, 2.75) is 19.3 Å². The monoisotopic (exact) mass is 277 g/mol. The molecule has 17 heavy (non-hydrogen) atoms. The number of halogens is 1. The molecule has 2 heterocycles. The third kappa shape index (κ3) is 3.61. The maximum Gasteiger partial charge on any atom is 0.161 e. The number of rotatable bonds is 1. The molecule has 0 aromatic heterocycles. The van der Waals surface area contributed by atoms with Crippen LogP contribution in [0.3, 0.4) is 0 Å². The first-order chi connectivity index (χ1) is 7.55. The Morgan fingerprint density at radius 1 is 1.24 bits per heavy atom. The van der Waals surface area contributed by atoms with E-state index in [-0.39, 0.29) is 12.4 Å². The van der Waals surface area contributed by atoms with Crippen LogP contribution >= 0.6 is 0 Å². The third-order valence-electron chi connectivity index (χ3n) is 4.05. The summed E-state index contributed by atoms with van der Waals surface area (Å²) >= 11 is 0. The van der Waals surface area contributed by atoms with Gasteiger partial charge in [0.25, 0.3) is 0 Å². The Balaban J connectivity index is 0.00000144. The smallest absolute Gasteiger partial charge is 0.161 e. The second-order valence-corrected chi connectivity index (χ2v) is 7.57. The fourth-order valence-corrected chi connectivity index (χ4v) is 4.60. The lowest BCUT2D eigenvalue weighted by molar-refractivity contribution is -0.932. The van der Waals surface area contributed by atoms with Gasteiger partial charge in [-0.3, -0.25) is 0 Å². The van der Waals surface area contributed by atoms with Crippen molar-refractivity contribution in [1.29, 1.82) is 0 Å². The maximum absolute atomic E-state index is 11.4. The van der Waals surface area contributed by atoms with Crippen LogP contribution in [0.15, 0.2) is 0 Å². The van der Waals surface area contributed by atoms with Crippen LogP contribution in [0.5, 0.6) is 0 Å². The lowest BCUT2D eigenvalue weighted by atomic mass is 9.93. The van der Waals surface area contributed by atoms with E-state index in [4.69, 9.17) is 6.42 Å². The van der Waals surface area contributed by atoms with E-state index in [1.54, 1.807) is 0 Å². The molecule has 98 valence electrons. The van der Waals surface area contributed by atoms with Gasteiger partial charge in [-0.1, -0.05) is 0 Å². The fourth-order valence-electron chi connectivity index (χ4n) is 3.06. The lowest BCUT2D eigenvalue weighted by Gasteiger charge is -2.46. The van der Waals surface area contributed by atoms with Gasteiger partial charge in [-0.05, 0) is 12.8 Å². The van der Waals surface area contributed by atoms with Crippen molar-refractivity contribution in [1.82, 2.24) is 0 Å². The highest BCUT2D eigenvalue weighted by molar-refractivity contribution is 7.91. The molecule has 1 unspecified atom stereocenters. The summed E-state index contributed by atoms with van der Waals surface area (Å²) in [5, 5.41) is 0. The van der Waals surface area contributed by atoms with Gasteiger partial charge in [0.05, 0.1) is 37.7 Å². The minimum absolute atomic E-state index is 0. The predicted molar refractivity (Wildman–Crippen MR) is 64.6 cm³/mol. The summed E-state index contributed by atoms with van der Waals surface area (Å²) in [7, 11) is -2.74. The fraction of sp³-hybridized carbons (Fsp3) is 0.833. The standard InChI is InChI=1S/C12H20NO2S.ClH/c1-2-4-12-5-3-6-13(11-12)7-9-16(14,15)10-8-13;/h1,12H,3-11H2;1H/q+1;/p-1. The van der Waals surface area contributed by atoms with Gasteiger partial charge < -0.3 is 16.9 Å². The van der Waals surface area contributed by atoms with Gasteiger partial charge >= 0.3 is 0 Å². The van der Waals surface area contributed by atoms with Crippen LogP contribution in [0.1, 0.15) is 19.3 Å². The van der Waals surface area contributed by atoms with E-state index in [0.29, 0.717) is 17.4 Å². The molecule has 3 nitrogen and oxygen atoms in total. The molecule has 2 aliphatic heterocycles. The van der Waals surface area contributed by atoms with E-state index in [2.05, 4.69) is 5.92 Å². The van der Waals surface area contributed by atoms with Crippen LogP contribution in [0.25, 0.3) is 0 Å². The number of hydrogen-bond donors (Lipinski definition) is 0. The molecule has 0 bridgehead atoms. The zero-order valence-corrected chi connectivity index (χ0v) is 11.6. The van der Waals surface area contributed by atoms with Crippen molar-refractivity contribution in [3.63, 3.8) is 0 Å². The molecule has 0 aliphatic carbocycles. The van der Waals surface area contributed by atoms with Crippen molar-refractivity contribution in [3.8, 4) is 12.3 Å². The Morgan fingerprint density at radius 3 is 2.47 bits per heavy atom. The zero-order valence-electron chi connectivity index (χ0n) is 10.1. The van der Waals surface area contributed by atoms with Gasteiger partial charge in [-0.15, -0.1) is 12.3 Å². The molecule has 0 aromatic rings. The van der Waals surface area contributed by atoms with E-state index in [1.807, 2.05) is 0 Å². The molecule has 0 radical (unpaired) electrons. The average Bonchev–Trinajstić information content (AvgIpc) is 2.25. The Hall–Kier alpha value is -0.240. The molecule has 1 spiro atoms. The number of terminal acetylenes is 1. The summed E-state index contributed by atoms with van der Waals surface area (Å²) in [4.78, 5) is 0. The SMILES string of the molecule is C#CCC1CCC[N+]2(CCS(=O)(=O)CC2)C1.[Cl-]. The molecule has 2 saturated heterocycles. The highest BCUT2D eigenvalue weighted by atomic mass is 35.5. The molecule has 0 aromatic carbocycles. The topological polar surface area (TPSA) is 34.1 Å². The van der Waals surface area contributed by atoms with E-state index in [1.165, 1.54) is 12.8 Å². The first-order valence-electron chi connectivity index (χ1n) is 6.04. The molecular weight excluding hydrogens is 258 g/mol. The van der Waals surface area contributed by atoms with E-state index in [9.17, 15) is 8.42 Å². The van der Waals surface area contributed by atoms with Gasteiger partial charge in [0.15, 0.2) is 9.84 Å². The Labute approximate surface area is 110 Å². The number of nitrogens with zero attached hydrogens (tertiary/aromatic N) is 1. The molecule has 0 N–H and O–H groups in total. The quantitative estimate of drug-likeness (QED) is 0.398. The molecule has 0 amide bonds. The minimum atomic E-state index is -2.74. The van der Waals surface area contributed by atoms with Crippen LogP contribution in [0, 0.1) is 18.3 Å². The summed E-state index contributed by atoms with van der Waals surface area (Å²) in [5.74, 6) is 4.10. The number of quaternary nitrogens is 1. The number of sulfone groups is 1. The molecule has 1 atom stereocenters. The highest BCUT2D eigenvalue weighted by Gasteiger charge is 2.39. The summed E-state index contributed by atoms with van der Waals surface area (Å²) in [6.45, 7) is 3.86. The summed E-state index contributed by atoms with van der Waals surface area (Å²) < 4.78 is 23.9. The maximum atomic E-state index is 11.4. The summed E-state index contributed by atoms with van der Waals surface area (Å²) in [5.41, 5.74) is 0. The van der Waals surface area contributed by atoms with Gasteiger partial charge in [-0.25, -0.2) is 8.42 Å². The van der Waals surface area contributed by atoms with Crippen LogP contribution < -0.4 is 12.4 Å². The van der Waals surface area contributed by atoms with Crippen LogP contribution in [-0.4, -0.2) is 50.6 Å². The van der Waals surface area contributed by atoms with E-state index < -0.39 is 9.84 Å². The van der Waals surface area contributed by atoms with Gasteiger partial charge in [0, 0.05) is 12.3 Å². The third-order valence-corrected chi connectivity index (χ3v) is 5.66. The molecule has 5 heteroatoms. The normalized spacial score (nSPS) is 30.2. The second kappa shape index (κ2) is 5.60. The molecule has 2 rings (SSSR count). The Morgan fingerprint density at radius 2 is 1.88 bits per heavy atom. The van der Waals surface area contributed by atoms with Gasteiger partial charge in [0.1, 0.15) is 0 Å².